The van der Waals surface area contributed by atoms with Crippen molar-refractivity contribution in [1.29, 1.82) is 0 Å². The van der Waals surface area contributed by atoms with Crippen LogP contribution in [0.3, 0.4) is 0 Å². The molecule has 3 nitrogen and oxygen atoms in total. The highest BCUT2D eigenvalue weighted by atomic mass is 32.1. The zero-order valence-electron chi connectivity index (χ0n) is 4.92. The summed E-state index contributed by atoms with van der Waals surface area (Å²) in [6.45, 7) is 1.73. The first-order valence-electron chi connectivity index (χ1n) is 2.58. The van der Waals surface area contributed by atoms with Crippen molar-refractivity contribution in [3.05, 3.63) is 0 Å². The maximum Gasteiger partial charge on any atom is 0.234 e. The number of hydrogen-bond donors (Lipinski definition) is 1. The van der Waals surface area contributed by atoms with Gasteiger partial charge in [-0.05, 0) is 6.92 Å². The van der Waals surface area contributed by atoms with E-state index >= 15 is 0 Å². The zero-order chi connectivity index (χ0) is 6.85. The minimum absolute atomic E-state index is 0.0741. The Bertz CT molecular complexity index is 187. The van der Waals surface area contributed by atoms with Gasteiger partial charge in [-0.3, -0.25) is 4.79 Å². The second kappa shape index (κ2) is 2.23. The van der Waals surface area contributed by atoms with Crippen molar-refractivity contribution in [2.24, 2.45) is 10.9 Å². The summed E-state index contributed by atoms with van der Waals surface area (Å²) in [5.74, 6) is -0.319. The second-order valence-electron chi connectivity index (χ2n) is 1.83. The predicted octanol–water partition coefficient (Wildman–Crippen LogP) is 0.108. The van der Waals surface area contributed by atoms with Crippen LogP contribution in [-0.4, -0.2) is 17.2 Å². The maximum absolute atomic E-state index is 10.7. The molecule has 0 saturated carbocycles. The summed E-state index contributed by atoms with van der Waals surface area (Å²) in [4.78, 5) is 14.9. The topological polar surface area (TPSA) is 41.5 Å². The third-order valence-corrected chi connectivity index (χ3v) is 1.62. The minimum Gasteiger partial charge on any atom is -0.316 e. The first kappa shape index (κ1) is 6.35. The summed E-state index contributed by atoms with van der Waals surface area (Å²) >= 11 is 4.75. The van der Waals surface area contributed by atoms with Gasteiger partial charge in [0.15, 0.2) is 0 Å². The van der Waals surface area contributed by atoms with Crippen molar-refractivity contribution in [3.63, 3.8) is 0 Å². The Morgan fingerprint density at radius 3 is 3.00 bits per heavy atom. The number of nitrogens with zero attached hydrogens (tertiary/aromatic N) is 1. The van der Waals surface area contributed by atoms with Gasteiger partial charge in [-0.25, -0.2) is 4.99 Å². The Kier molecular flexibility index (Phi) is 1.57. The predicted molar refractivity (Wildman–Crippen MR) is 38.4 cm³/mol. The molecule has 0 unspecified atom stereocenters. The van der Waals surface area contributed by atoms with Crippen LogP contribution >= 0.6 is 12.2 Å². The Morgan fingerprint density at radius 2 is 2.56 bits per heavy atom. The quantitative estimate of drug-likeness (QED) is 0.488. The van der Waals surface area contributed by atoms with Gasteiger partial charge in [0.25, 0.3) is 0 Å². The number of rotatable bonds is 0. The number of amides is 1. The van der Waals surface area contributed by atoms with Crippen LogP contribution in [0.1, 0.15) is 6.92 Å². The Morgan fingerprint density at radius 1 is 1.89 bits per heavy atom. The Labute approximate surface area is 58.2 Å². The largest absolute Gasteiger partial charge is 0.316 e. The standard InChI is InChI=1S/C5H6N2OS/c1-3-4(8)6-2-7-5(3)9/h2-3H,1H3,(H,6,7,8,9)/t3-/m1/s1. The van der Waals surface area contributed by atoms with Gasteiger partial charge >= 0.3 is 0 Å². The molecule has 48 valence electrons. The third kappa shape index (κ3) is 1.13. The first-order chi connectivity index (χ1) is 4.22. The van der Waals surface area contributed by atoms with Gasteiger partial charge in [0.05, 0.1) is 12.3 Å². The molecule has 4 heteroatoms. The fourth-order valence-corrected chi connectivity index (χ4v) is 0.668. The molecular formula is C5H6N2OS. The van der Waals surface area contributed by atoms with E-state index in [-0.39, 0.29) is 11.8 Å². The van der Waals surface area contributed by atoms with E-state index in [1.807, 2.05) is 0 Å². The summed E-state index contributed by atoms with van der Waals surface area (Å²) in [5, 5.41) is 2.44. The van der Waals surface area contributed by atoms with Crippen molar-refractivity contribution >= 4 is 29.5 Å². The maximum atomic E-state index is 10.7. The fourth-order valence-electron chi connectivity index (χ4n) is 0.508. The molecular weight excluding hydrogens is 136 g/mol. The van der Waals surface area contributed by atoms with Gasteiger partial charge < -0.3 is 5.32 Å². The summed E-state index contributed by atoms with van der Waals surface area (Å²) in [6, 6.07) is 0. The Balaban J connectivity index is 2.81. The molecule has 0 aromatic carbocycles. The fraction of sp³-hybridized carbons (Fsp3) is 0.400. The molecule has 0 bridgehead atoms. The highest BCUT2D eigenvalue weighted by Crippen LogP contribution is 2.02. The van der Waals surface area contributed by atoms with E-state index in [4.69, 9.17) is 12.2 Å². The monoisotopic (exact) mass is 142 g/mol. The second-order valence-corrected chi connectivity index (χ2v) is 2.24. The number of aliphatic imine (C=N–C) groups is 1. The molecule has 1 atom stereocenters. The molecule has 1 rings (SSSR count). The summed E-state index contributed by atoms with van der Waals surface area (Å²) < 4.78 is 0. The lowest BCUT2D eigenvalue weighted by molar-refractivity contribution is -0.121. The summed E-state index contributed by atoms with van der Waals surface area (Å²) in [6.07, 6.45) is 1.32. The molecule has 1 amide bonds. The molecule has 0 saturated heterocycles. The minimum atomic E-state index is -0.245. The lowest BCUT2D eigenvalue weighted by Crippen LogP contribution is -2.35. The van der Waals surface area contributed by atoms with Crippen molar-refractivity contribution in [3.8, 4) is 0 Å². The lowest BCUT2D eigenvalue weighted by Gasteiger charge is -2.11. The molecule has 0 aliphatic carbocycles. The van der Waals surface area contributed by atoms with Gasteiger partial charge in [0, 0.05) is 0 Å². The van der Waals surface area contributed by atoms with Gasteiger partial charge in [0.2, 0.25) is 5.91 Å². The van der Waals surface area contributed by atoms with E-state index in [2.05, 4.69) is 10.3 Å². The number of carbonyl (C=O) groups excluding carboxylic acids is 1. The van der Waals surface area contributed by atoms with E-state index in [1.54, 1.807) is 6.92 Å². The molecule has 1 aliphatic rings. The normalized spacial score (nSPS) is 26.1. The highest BCUT2D eigenvalue weighted by Gasteiger charge is 2.18. The molecule has 1 heterocycles. The smallest absolute Gasteiger partial charge is 0.234 e. The number of carbonyl (C=O) groups is 1. The van der Waals surface area contributed by atoms with Crippen LogP contribution in [0.15, 0.2) is 4.99 Å². The van der Waals surface area contributed by atoms with E-state index in [1.165, 1.54) is 6.34 Å². The number of thiocarbonyl (C=S) groups is 1. The lowest BCUT2D eigenvalue weighted by atomic mass is 10.1. The van der Waals surface area contributed by atoms with Crippen molar-refractivity contribution < 1.29 is 4.79 Å². The van der Waals surface area contributed by atoms with Crippen LogP contribution in [0.4, 0.5) is 0 Å². The molecule has 1 N–H and O–H groups in total. The molecule has 9 heavy (non-hydrogen) atoms. The van der Waals surface area contributed by atoms with Gasteiger partial charge in [-0.15, -0.1) is 0 Å². The van der Waals surface area contributed by atoms with Gasteiger partial charge in [-0.1, -0.05) is 12.2 Å². The number of hydrogen-bond acceptors (Lipinski definition) is 2. The number of nitrogens with one attached hydrogen (secondary N) is 1. The summed E-state index contributed by atoms with van der Waals surface area (Å²) in [5.41, 5.74) is 0. The van der Waals surface area contributed by atoms with Crippen LogP contribution in [0.5, 0.6) is 0 Å². The average molecular weight is 142 g/mol. The van der Waals surface area contributed by atoms with Crippen LogP contribution < -0.4 is 5.32 Å². The van der Waals surface area contributed by atoms with Gasteiger partial charge in [-0.2, -0.15) is 0 Å². The average Bonchev–Trinajstić information content (AvgIpc) is 1.83. The first-order valence-corrected chi connectivity index (χ1v) is 2.99. The third-order valence-electron chi connectivity index (χ3n) is 1.16. The summed E-state index contributed by atoms with van der Waals surface area (Å²) in [7, 11) is 0. The molecule has 1 aliphatic heterocycles. The molecule has 0 aromatic heterocycles. The SMILES string of the molecule is C[C@@H]1C(=O)NC=NC1=S. The van der Waals surface area contributed by atoms with Crippen LogP contribution in [0.25, 0.3) is 0 Å². The van der Waals surface area contributed by atoms with E-state index in [0.29, 0.717) is 4.99 Å². The van der Waals surface area contributed by atoms with Gasteiger partial charge in [0.1, 0.15) is 4.99 Å². The van der Waals surface area contributed by atoms with Crippen molar-refractivity contribution in [2.75, 3.05) is 0 Å². The van der Waals surface area contributed by atoms with Crippen LogP contribution in [0.2, 0.25) is 0 Å². The zero-order valence-corrected chi connectivity index (χ0v) is 5.73. The van der Waals surface area contributed by atoms with Crippen molar-refractivity contribution in [2.45, 2.75) is 6.92 Å². The molecule has 0 aromatic rings. The molecule has 0 radical (unpaired) electrons. The van der Waals surface area contributed by atoms with E-state index in [9.17, 15) is 4.79 Å². The van der Waals surface area contributed by atoms with Crippen LogP contribution in [-0.2, 0) is 4.79 Å². The van der Waals surface area contributed by atoms with E-state index in [0.717, 1.165) is 0 Å². The van der Waals surface area contributed by atoms with E-state index < -0.39 is 0 Å². The molecule has 0 fully saturated rings. The Hall–Kier alpha value is -0.770. The molecule has 0 spiro atoms. The van der Waals surface area contributed by atoms with Crippen molar-refractivity contribution in [1.82, 2.24) is 5.32 Å². The van der Waals surface area contributed by atoms with Crippen LogP contribution in [0, 0.1) is 5.92 Å². The highest BCUT2D eigenvalue weighted by molar-refractivity contribution is 7.80.